The lowest BCUT2D eigenvalue weighted by atomic mass is 10.1. The number of likely N-dealkylation sites (N-methyl/N-ethyl adjacent to an activating group) is 1. The lowest BCUT2D eigenvalue weighted by Gasteiger charge is -2.39. The summed E-state index contributed by atoms with van der Waals surface area (Å²) in [4.78, 5) is 36.4. The normalized spacial score (nSPS) is 22.6. The average Bonchev–Trinajstić information content (AvgIpc) is 3.04. The molecule has 0 bridgehead atoms. The number of carbonyl (C=O) groups excluding carboxylic acids is 2. The number of amidine groups is 1. The van der Waals surface area contributed by atoms with Crippen LogP contribution in [0.2, 0.25) is 0 Å². The van der Waals surface area contributed by atoms with E-state index in [4.69, 9.17) is 6.42 Å². The fraction of sp³-hybridized carbons (Fsp3) is 0.375. The first kappa shape index (κ1) is 15.8. The molecule has 2 aliphatic heterocycles. The number of hydrogen-bond donors (Lipinski definition) is 2. The summed E-state index contributed by atoms with van der Waals surface area (Å²) in [5, 5.41) is 6.05. The summed E-state index contributed by atoms with van der Waals surface area (Å²) >= 11 is 0. The van der Waals surface area contributed by atoms with Crippen LogP contribution in [0.1, 0.15) is 12.5 Å². The molecule has 2 N–H and O–H groups in total. The van der Waals surface area contributed by atoms with Gasteiger partial charge in [0.1, 0.15) is 17.7 Å². The number of aromatic nitrogens is 1. The molecule has 8 nitrogen and oxygen atoms in total. The average molecular weight is 326 g/mol. The summed E-state index contributed by atoms with van der Waals surface area (Å²) in [6.45, 7) is 2.23. The fourth-order valence-corrected chi connectivity index (χ4v) is 2.83. The standard InChI is InChI=1S/C16H18N6O2/c1-4-8-22-15(23)12-14(21(5-2)16(22)24)20-13(19-12)10-6-7-11(17-3)18-9-10/h1,6-7,9,12,14H,5,8H2,2-3H3,(H,17,18)(H,19,20). The molecular weight excluding hydrogens is 308 g/mol. The number of nitrogens with zero attached hydrogens (tertiary/aromatic N) is 4. The van der Waals surface area contributed by atoms with Crippen LogP contribution in [0.4, 0.5) is 10.6 Å². The molecule has 0 saturated carbocycles. The van der Waals surface area contributed by atoms with Crippen molar-refractivity contribution in [1.82, 2.24) is 20.1 Å². The zero-order chi connectivity index (χ0) is 17.3. The summed E-state index contributed by atoms with van der Waals surface area (Å²) in [7, 11) is 1.78. The maximum absolute atomic E-state index is 12.6. The quantitative estimate of drug-likeness (QED) is 0.765. The van der Waals surface area contributed by atoms with Crippen molar-refractivity contribution in [2.45, 2.75) is 19.1 Å². The third-order valence-electron chi connectivity index (χ3n) is 4.06. The van der Waals surface area contributed by atoms with Crippen molar-refractivity contribution >= 4 is 23.6 Å². The van der Waals surface area contributed by atoms with Crippen LogP contribution in [0, 0.1) is 12.3 Å². The van der Waals surface area contributed by atoms with Crippen molar-refractivity contribution in [3.8, 4) is 12.3 Å². The molecule has 1 aromatic heterocycles. The number of hydrogen-bond acceptors (Lipinski definition) is 6. The zero-order valence-corrected chi connectivity index (χ0v) is 13.5. The smallest absolute Gasteiger partial charge is 0.329 e. The molecule has 2 unspecified atom stereocenters. The highest BCUT2D eigenvalue weighted by Crippen LogP contribution is 2.24. The predicted octanol–water partition coefficient (Wildman–Crippen LogP) is 0.0851. The summed E-state index contributed by atoms with van der Waals surface area (Å²) in [5.41, 5.74) is 0.753. The molecule has 1 fully saturated rings. The molecule has 1 saturated heterocycles. The topological polar surface area (TPSA) is 89.9 Å². The highest BCUT2D eigenvalue weighted by atomic mass is 16.2. The van der Waals surface area contributed by atoms with Gasteiger partial charge in [-0.2, -0.15) is 0 Å². The van der Waals surface area contributed by atoms with Crippen molar-refractivity contribution in [2.24, 2.45) is 4.99 Å². The molecule has 3 heterocycles. The van der Waals surface area contributed by atoms with E-state index in [2.05, 4.69) is 26.5 Å². The number of aliphatic imine (C=N–C) groups is 1. The minimum atomic E-state index is -0.630. The fourth-order valence-electron chi connectivity index (χ4n) is 2.83. The van der Waals surface area contributed by atoms with E-state index in [1.54, 1.807) is 18.1 Å². The van der Waals surface area contributed by atoms with E-state index in [-0.39, 0.29) is 12.5 Å². The van der Waals surface area contributed by atoms with Crippen LogP contribution in [0.15, 0.2) is 23.3 Å². The number of fused-ring (bicyclic) bond motifs is 1. The molecule has 1 aromatic rings. The van der Waals surface area contributed by atoms with Crippen LogP contribution in [-0.4, -0.2) is 64.9 Å². The van der Waals surface area contributed by atoms with Crippen molar-refractivity contribution in [2.75, 3.05) is 25.5 Å². The Bertz CT molecular complexity index is 736. The molecule has 8 heteroatoms. The number of terminal acetylenes is 1. The Balaban J connectivity index is 1.91. The molecule has 124 valence electrons. The van der Waals surface area contributed by atoms with E-state index in [1.165, 1.54) is 0 Å². The molecule has 3 amide bonds. The van der Waals surface area contributed by atoms with Gasteiger partial charge in [0.2, 0.25) is 0 Å². The third kappa shape index (κ3) is 2.44. The Kier molecular flexibility index (Phi) is 4.08. The lowest BCUT2D eigenvalue weighted by Crippen LogP contribution is -2.65. The summed E-state index contributed by atoms with van der Waals surface area (Å²) in [6, 6.07) is 2.63. The number of carbonyl (C=O) groups is 2. The van der Waals surface area contributed by atoms with Gasteiger partial charge in [-0.25, -0.2) is 14.8 Å². The number of imide groups is 1. The first-order valence-electron chi connectivity index (χ1n) is 7.64. The second-order valence-corrected chi connectivity index (χ2v) is 5.39. The van der Waals surface area contributed by atoms with Gasteiger partial charge in [-0.3, -0.25) is 14.6 Å². The summed E-state index contributed by atoms with van der Waals surface area (Å²) < 4.78 is 0. The number of urea groups is 1. The van der Waals surface area contributed by atoms with E-state index >= 15 is 0 Å². The van der Waals surface area contributed by atoms with E-state index in [0.29, 0.717) is 12.4 Å². The van der Waals surface area contributed by atoms with Crippen LogP contribution in [-0.2, 0) is 4.79 Å². The minimum absolute atomic E-state index is 0.0488. The van der Waals surface area contributed by atoms with Crippen molar-refractivity contribution in [3.63, 3.8) is 0 Å². The van der Waals surface area contributed by atoms with Crippen LogP contribution >= 0.6 is 0 Å². The van der Waals surface area contributed by atoms with Crippen LogP contribution in [0.3, 0.4) is 0 Å². The van der Waals surface area contributed by atoms with E-state index in [9.17, 15) is 9.59 Å². The maximum atomic E-state index is 12.6. The van der Waals surface area contributed by atoms with Crippen LogP contribution < -0.4 is 10.6 Å². The van der Waals surface area contributed by atoms with Gasteiger partial charge < -0.3 is 10.6 Å². The molecule has 2 aliphatic rings. The Hall–Kier alpha value is -3.08. The lowest BCUT2D eigenvalue weighted by molar-refractivity contribution is -0.134. The number of amides is 3. The first-order chi connectivity index (χ1) is 11.6. The molecule has 2 atom stereocenters. The molecule has 3 rings (SSSR count). The molecule has 24 heavy (non-hydrogen) atoms. The van der Waals surface area contributed by atoms with Gasteiger partial charge in [0, 0.05) is 25.4 Å². The largest absolute Gasteiger partial charge is 0.373 e. The second-order valence-electron chi connectivity index (χ2n) is 5.39. The Labute approximate surface area is 139 Å². The molecular formula is C16H18N6O2. The van der Waals surface area contributed by atoms with Gasteiger partial charge in [-0.05, 0) is 19.1 Å². The third-order valence-corrected chi connectivity index (χ3v) is 4.06. The number of nitrogens with one attached hydrogen (secondary N) is 2. The summed E-state index contributed by atoms with van der Waals surface area (Å²) in [5.74, 6) is 3.28. The second kappa shape index (κ2) is 6.20. The minimum Gasteiger partial charge on any atom is -0.373 e. The predicted molar refractivity (Wildman–Crippen MR) is 89.4 cm³/mol. The van der Waals surface area contributed by atoms with Crippen LogP contribution in [0.5, 0.6) is 0 Å². The van der Waals surface area contributed by atoms with Crippen molar-refractivity contribution < 1.29 is 9.59 Å². The molecule has 0 aliphatic carbocycles. The highest BCUT2D eigenvalue weighted by Gasteiger charge is 2.48. The van der Waals surface area contributed by atoms with Gasteiger partial charge in [-0.15, -0.1) is 6.42 Å². The molecule has 0 aromatic carbocycles. The van der Waals surface area contributed by atoms with Gasteiger partial charge in [0.25, 0.3) is 5.91 Å². The molecule has 0 radical (unpaired) electrons. The van der Waals surface area contributed by atoms with Crippen molar-refractivity contribution in [1.29, 1.82) is 0 Å². The Morgan fingerprint density at radius 3 is 2.79 bits per heavy atom. The Morgan fingerprint density at radius 1 is 1.42 bits per heavy atom. The summed E-state index contributed by atoms with van der Waals surface area (Å²) in [6.07, 6.45) is 6.37. The monoisotopic (exact) mass is 326 g/mol. The maximum Gasteiger partial charge on any atom is 0.329 e. The van der Waals surface area contributed by atoms with Gasteiger partial charge in [-0.1, -0.05) is 5.92 Å². The van der Waals surface area contributed by atoms with Crippen molar-refractivity contribution in [3.05, 3.63) is 23.9 Å². The van der Waals surface area contributed by atoms with E-state index < -0.39 is 18.2 Å². The van der Waals surface area contributed by atoms with E-state index in [0.717, 1.165) is 16.3 Å². The first-order valence-corrected chi connectivity index (χ1v) is 7.64. The van der Waals surface area contributed by atoms with Gasteiger partial charge in [0.05, 0.1) is 6.54 Å². The number of anilines is 1. The number of rotatable bonds is 4. The Morgan fingerprint density at radius 2 is 2.21 bits per heavy atom. The van der Waals surface area contributed by atoms with E-state index in [1.807, 2.05) is 19.1 Å². The SMILES string of the molecule is C#CCN1C(=O)C2NC(c3ccc(NC)nc3)=NC2N(CC)C1=O. The van der Waals surface area contributed by atoms with Gasteiger partial charge >= 0.3 is 6.03 Å². The molecule has 0 spiro atoms. The van der Waals surface area contributed by atoms with Gasteiger partial charge in [0.15, 0.2) is 6.17 Å². The number of pyridine rings is 1. The van der Waals surface area contributed by atoms with Crippen LogP contribution in [0.25, 0.3) is 0 Å². The zero-order valence-electron chi connectivity index (χ0n) is 13.5. The highest BCUT2D eigenvalue weighted by molar-refractivity contribution is 6.08.